The molecular weight excluding hydrogens is 294 g/mol. The molecule has 0 saturated carbocycles. The van der Waals surface area contributed by atoms with Crippen LogP contribution in [0.25, 0.3) is 0 Å². The Bertz CT molecular complexity index is 389. The standard InChI is InChI=1S/C14H20BrNO2/c1-9(2)13(14(17)18-4)16-10(3)11-5-7-12(15)8-6-11/h5-10,13,16H,1-4H3/t10?,13-/m0/s1. The summed E-state index contributed by atoms with van der Waals surface area (Å²) in [5.41, 5.74) is 1.15. The van der Waals surface area contributed by atoms with Crippen LogP contribution in [0.5, 0.6) is 0 Å². The molecule has 100 valence electrons. The monoisotopic (exact) mass is 313 g/mol. The van der Waals surface area contributed by atoms with Gasteiger partial charge in [-0.1, -0.05) is 41.9 Å². The van der Waals surface area contributed by atoms with E-state index >= 15 is 0 Å². The van der Waals surface area contributed by atoms with E-state index in [9.17, 15) is 4.79 Å². The first-order valence-corrected chi connectivity index (χ1v) is 6.84. The van der Waals surface area contributed by atoms with Crippen LogP contribution < -0.4 is 5.32 Å². The zero-order chi connectivity index (χ0) is 13.7. The summed E-state index contributed by atoms with van der Waals surface area (Å²) in [5, 5.41) is 3.31. The van der Waals surface area contributed by atoms with E-state index in [0.29, 0.717) is 0 Å². The number of carbonyl (C=O) groups is 1. The summed E-state index contributed by atoms with van der Waals surface area (Å²) in [7, 11) is 1.42. The molecule has 4 heteroatoms. The Kier molecular flexibility index (Phi) is 5.82. The Labute approximate surface area is 117 Å². The highest BCUT2D eigenvalue weighted by atomic mass is 79.9. The number of nitrogens with one attached hydrogen (secondary N) is 1. The van der Waals surface area contributed by atoms with E-state index in [1.54, 1.807) is 0 Å². The summed E-state index contributed by atoms with van der Waals surface area (Å²) in [5.74, 6) is -0.0238. The fourth-order valence-electron chi connectivity index (χ4n) is 1.78. The number of hydrogen-bond donors (Lipinski definition) is 1. The third kappa shape index (κ3) is 4.10. The molecule has 1 aromatic carbocycles. The summed E-state index contributed by atoms with van der Waals surface area (Å²) >= 11 is 3.41. The highest BCUT2D eigenvalue weighted by Crippen LogP contribution is 2.18. The van der Waals surface area contributed by atoms with E-state index in [4.69, 9.17) is 4.74 Å². The second kappa shape index (κ2) is 6.90. The molecule has 1 rings (SSSR count). The number of ether oxygens (including phenoxy) is 1. The first kappa shape index (κ1) is 15.2. The molecule has 0 radical (unpaired) electrons. The van der Waals surface area contributed by atoms with Gasteiger partial charge in [-0.3, -0.25) is 10.1 Å². The molecule has 1 aromatic rings. The zero-order valence-corrected chi connectivity index (χ0v) is 12.8. The average molecular weight is 314 g/mol. The Morgan fingerprint density at radius 3 is 2.22 bits per heavy atom. The largest absolute Gasteiger partial charge is 0.468 e. The molecule has 1 unspecified atom stereocenters. The van der Waals surface area contributed by atoms with Gasteiger partial charge in [0.2, 0.25) is 0 Å². The molecule has 0 aliphatic carbocycles. The maximum absolute atomic E-state index is 11.7. The maximum atomic E-state index is 11.7. The van der Waals surface area contributed by atoms with Crippen LogP contribution in [-0.4, -0.2) is 19.1 Å². The van der Waals surface area contributed by atoms with Crippen LogP contribution in [0.1, 0.15) is 32.4 Å². The topological polar surface area (TPSA) is 38.3 Å². The summed E-state index contributed by atoms with van der Waals surface area (Å²) in [6.07, 6.45) is 0. The molecular formula is C14H20BrNO2. The minimum atomic E-state index is -0.284. The highest BCUT2D eigenvalue weighted by Gasteiger charge is 2.24. The van der Waals surface area contributed by atoms with Gasteiger partial charge in [0.05, 0.1) is 7.11 Å². The summed E-state index contributed by atoms with van der Waals surface area (Å²) in [6.45, 7) is 6.05. The lowest BCUT2D eigenvalue weighted by atomic mass is 10.0. The Morgan fingerprint density at radius 1 is 1.22 bits per heavy atom. The predicted octanol–water partition coefficient (Wildman–Crippen LogP) is 3.30. The van der Waals surface area contributed by atoms with E-state index in [1.807, 2.05) is 45.0 Å². The number of esters is 1. The van der Waals surface area contributed by atoms with Gasteiger partial charge < -0.3 is 4.74 Å². The minimum absolute atomic E-state index is 0.101. The second-order valence-corrected chi connectivity index (χ2v) is 5.60. The molecule has 18 heavy (non-hydrogen) atoms. The molecule has 1 N–H and O–H groups in total. The van der Waals surface area contributed by atoms with Gasteiger partial charge in [0, 0.05) is 10.5 Å². The average Bonchev–Trinajstić information content (AvgIpc) is 2.35. The molecule has 2 atom stereocenters. The first-order chi connectivity index (χ1) is 8.45. The normalized spacial score (nSPS) is 14.3. The summed E-state index contributed by atoms with van der Waals surface area (Å²) in [4.78, 5) is 11.7. The van der Waals surface area contributed by atoms with Gasteiger partial charge in [0.25, 0.3) is 0 Å². The van der Waals surface area contributed by atoms with E-state index in [2.05, 4.69) is 21.2 Å². The molecule has 0 amide bonds. The van der Waals surface area contributed by atoms with Gasteiger partial charge >= 0.3 is 5.97 Å². The summed E-state index contributed by atoms with van der Waals surface area (Å²) in [6, 6.07) is 7.89. The van der Waals surface area contributed by atoms with Crippen LogP contribution in [0.2, 0.25) is 0 Å². The van der Waals surface area contributed by atoms with Crippen molar-refractivity contribution >= 4 is 21.9 Å². The van der Waals surface area contributed by atoms with Crippen LogP contribution in [0.15, 0.2) is 28.7 Å². The van der Waals surface area contributed by atoms with Crippen molar-refractivity contribution in [2.75, 3.05) is 7.11 Å². The van der Waals surface area contributed by atoms with Crippen molar-refractivity contribution in [3.05, 3.63) is 34.3 Å². The lowest BCUT2D eigenvalue weighted by Gasteiger charge is -2.24. The number of carbonyl (C=O) groups excluding carboxylic acids is 1. The molecule has 0 aromatic heterocycles. The number of hydrogen-bond acceptors (Lipinski definition) is 3. The SMILES string of the molecule is COC(=O)[C@@H](NC(C)c1ccc(Br)cc1)C(C)C. The van der Waals surface area contributed by atoms with Gasteiger partial charge in [-0.2, -0.15) is 0 Å². The smallest absolute Gasteiger partial charge is 0.323 e. The minimum Gasteiger partial charge on any atom is -0.468 e. The number of methoxy groups -OCH3 is 1. The van der Waals surface area contributed by atoms with E-state index in [0.717, 1.165) is 10.0 Å². The van der Waals surface area contributed by atoms with Crippen LogP contribution >= 0.6 is 15.9 Å². The Hall–Kier alpha value is -0.870. The van der Waals surface area contributed by atoms with Crippen LogP contribution in [0.4, 0.5) is 0 Å². The number of halogens is 1. The number of benzene rings is 1. The Morgan fingerprint density at radius 2 is 1.78 bits per heavy atom. The van der Waals surface area contributed by atoms with E-state index in [-0.39, 0.29) is 24.0 Å². The molecule has 0 aliphatic rings. The lowest BCUT2D eigenvalue weighted by Crippen LogP contribution is -2.42. The van der Waals surface area contributed by atoms with Gasteiger partial charge in [-0.05, 0) is 30.5 Å². The van der Waals surface area contributed by atoms with Crippen molar-refractivity contribution in [2.24, 2.45) is 5.92 Å². The van der Waals surface area contributed by atoms with Crippen molar-refractivity contribution in [2.45, 2.75) is 32.9 Å². The highest BCUT2D eigenvalue weighted by molar-refractivity contribution is 9.10. The second-order valence-electron chi connectivity index (χ2n) is 4.68. The van der Waals surface area contributed by atoms with Gasteiger partial charge in [0.1, 0.15) is 6.04 Å². The van der Waals surface area contributed by atoms with Gasteiger partial charge in [-0.15, -0.1) is 0 Å². The number of rotatable bonds is 5. The van der Waals surface area contributed by atoms with Crippen molar-refractivity contribution in [1.29, 1.82) is 0 Å². The van der Waals surface area contributed by atoms with E-state index in [1.165, 1.54) is 7.11 Å². The molecule has 0 saturated heterocycles. The van der Waals surface area contributed by atoms with Crippen molar-refractivity contribution in [3.63, 3.8) is 0 Å². The fraction of sp³-hybridized carbons (Fsp3) is 0.500. The Balaban J connectivity index is 2.75. The van der Waals surface area contributed by atoms with Crippen LogP contribution in [-0.2, 0) is 9.53 Å². The molecule has 3 nitrogen and oxygen atoms in total. The summed E-state index contributed by atoms with van der Waals surface area (Å²) < 4.78 is 5.87. The van der Waals surface area contributed by atoms with Crippen LogP contribution in [0.3, 0.4) is 0 Å². The predicted molar refractivity (Wildman–Crippen MR) is 76.3 cm³/mol. The quantitative estimate of drug-likeness (QED) is 0.848. The first-order valence-electron chi connectivity index (χ1n) is 6.05. The van der Waals surface area contributed by atoms with Crippen LogP contribution in [0, 0.1) is 5.92 Å². The van der Waals surface area contributed by atoms with Gasteiger partial charge in [-0.25, -0.2) is 0 Å². The van der Waals surface area contributed by atoms with Crippen molar-refractivity contribution < 1.29 is 9.53 Å². The van der Waals surface area contributed by atoms with Crippen molar-refractivity contribution in [1.82, 2.24) is 5.32 Å². The third-order valence-electron chi connectivity index (χ3n) is 2.92. The van der Waals surface area contributed by atoms with E-state index < -0.39 is 0 Å². The van der Waals surface area contributed by atoms with Crippen molar-refractivity contribution in [3.8, 4) is 0 Å². The molecule has 0 bridgehead atoms. The molecule has 0 aliphatic heterocycles. The maximum Gasteiger partial charge on any atom is 0.323 e. The molecule has 0 spiro atoms. The molecule has 0 heterocycles. The fourth-order valence-corrected chi connectivity index (χ4v) is 2.04. The van der Waals surface area contributed by atoms with Gasteiger partial charge in [0.15, 0.2) is 0 Å². The zero-order valence-electron chi connectivity index (χ0n) is 11.2. The third-order valence-corrected chi connectivity index (χ3v) is 3.45. The lowest BCUT2D eigenvalue weighted by molar-refractivity contribution is -0.144. The molecule has 0 fully saturated rings.